The van der Waals surface area contributed by atoms with Crippen molar-refractivity contribution in [3.63, 3.8) is 0 Å². The van der Waals surface area contributed by atoms with Crippen LogP contribution < -0.4 is 10.2 Å². The Balaban J connectivity index is 1.18. The molecule has 1 saturated heterocycles. The maximum Gasteiger partial charge on any atom is 0.275 e. The molecular weight excluding hydrogens is 561 g/mol. The van der Waals surface area contributed by atoms with Gasteiger partial charge in [-0.25, -0.2) is 23.1 Å². The minimum Gasteiger partial charge on any atom is -0.318 e. The number of nitrogens with zero attached hydrogens (tertiary/aromatic N) is 7. The lowest BCUT2D eigenvalue weighted by Gasteiger charge is -2.19. The fourth-order valence-corrected chi connectivity index (χ4v) is 5.20. The predicted octanol–water partition coefficient (Wildman–Crippen LogP) is 5.01. The number of aryl methyl sites for hydroxylation is 1. The third kappa shape index (κ3) is 4.90. The first kappa shape index (κ1) is 26.8. The summed E-state index contributed by atoms with van der Waals surface area (Å²) in [5, 5.41) is 6.58. The van der Waals surface area contributed by atoms with E-state index in [0.717, 1.165) is 30.9 Å². The first-order valence-corrected chi connectivity index (χ1v) is 13.1. The topological polar surface area (TPSA) is 119 Å². The number of anilines is 2. The van der Waals surface area contributed by atoms with Crippen LogP contribution in [0.3, 0.4) is 0 Å². The number of benzene rings is 1. The van der Waals surface area contributed by atoms with Crippen molar-refractivity contribution in [3.05, 3.63) is 76.6 Å². The minimum atomic E-state index is -3.00. The summed E-state index contributed by atoms with van der Waals surface area (Å²) in [6.07, 6.45) is 4.75. The zero-order chi connectivity index (χ0) is 29.0. The molecule has 1 aromatic carbocycles. The van der Waals surface area contributed by atoms with Crippen LogP contribution in [0.2, 0.25) is 5.02 Å². The van der Waals surface area contributed by atoms with Gasteiger partial charge in [-0.05, 0) is 32.3 Å². The molecule has 2 aliphatic rings. The van der Waals surface area contributed by atoms with Crippen LogP contribution in [0.25, 0.3) is 11.3 Å². The van der Waals surface area contributed by atoms with Gasteiger partial charge >= 0.3 is 0 Å². The van der Waals surface area contributed by atoms with Crippen LogP contribution in [-0.4, -0.2) is 48.1 Å². The standard InChI is InChI=1S/C27H22ClF3N8O2/c1-12-24(33-9-21(35-12)38-10-14-5-17(14)27(38)41)13(2)39-11-15(6-34-39)36-26(40)20-8-32-7-19(37-20)22-16(25(30)31)3-4-18(28)23(22)29/h3-4,6-9,11,13-14,17,25H,5,10H2,1-2H3,(H,36,40)/t13-,14+,17+/m0/s1. The fraction of sp³-hybridized carbons (Fsp3) is 0.296. The smallest absolute Gasteiger partial charge is 0.275 e. The Bertz CT molecular complexity index is 1700. The van der Waals surface area contributed by atoms with Crippen molar-refractivity contribution >= 4 is 34.9 Å². The number of hydrogen-bond acceptors (Lipinski definition) is 7. The second-order valence-electron chi connectivity index (χ2n) is 10.0. The third-order valence-corrected chi connectivity index (χ3v) is 7.60. The van der Waals surface area contributed by atoms with Crippen molar-refractivity contribution in [2.24, 2.45) is 11.8 Å². The van der Waals surface area contributed by atoms with Gasteiger partial charge in [0.15, 0.2) is 11.6 Å². The summed E-state index contributed by atoms with van der Waals surface area (Å²) in [5.41, 5.74) is -0.0256. The maximum atomic E-state index is 14.7. The molecule has 1 saturated carbocycles. The zero-order valence-electron chi connectivity index (χ0n) is 21.7. The lowest BCUT2D eigenvalue weighted by atomic mass is 10.0. The Morgan fingerprint density at radius 2 is 1.98 bits per heavy atom. The molecule has 14 heteroatoms. The van der Waals surface area contributed by atoms with Gasteiger partial charge in [0.1, 0.15) is 5.69 Å². The third-order valence-electron chi connectivity index (χ3n) is 7.31. The highest BCUT2D eigenvalue weighted by Gasteiger charge is 2.53. The van der Waals surface area contributed by atoms with Crippen LogP contribution in [0.1, 0.15) is 53.3 Å². The van der Waals surface area contributed by atoms with Gasteiger partial charge < -0.3 is 5.32 Å². The molecule has 6 rings (SSSR count). The number of alkyl halides is 2. The molecule has 4 heterocycles. The molecule has 2 fully saturated rings. The highest BCUT2D eigenvalue weighted by molar-refractivity contribution is 6.31. The summed E-state index contributed by atoms with van der Waals surface area (Å²) in [6, 6.07) is 1.68. The average molecular weight is 583 g/mol. The number of halogens is 4. The molecule has 0 radical (unpaired) electrons. The normalized spacial score (nSPS) is 18.5. The van der Waals surface area contributed by atoms with Crippen molar-refractivity contribution in [2.45, 2.75) is 32.7 Å². The van der Waals surface area contributed by atoms with Crippen LogP contribution in [0.4, 0.5) is 24.7 Å². The molecule has 1 aliphatic heterocycles. The zero-order valence-corrected chi connectivity index (χ0v) is 22.5. The molecule has 2 amide bonds. The molecule has 0 unspecified atom stereocenters. The average Bonchev–Trinajstić information content (AvgIpc) is 3.45. The Morgan fingerprint density at radius 3 is 2.68 bits per heavy atom. The molecule has 210 valence electrons. The number of carbonyl (C=O) groups is 2. The summed E-state index contributed by atoms with van der Waals surface area (Å²) in [4.78, 5) is 44.1. The van der Waals surface area contributed by atoms with E-state index in [2.05, 4.69) is 30.4 Å². The van der Waals surface area contributed by atoms with Gasteiger partial charge in [-0.15, -0.1) is 0 Å². The monoisotopic (exact) mass is 582 g/mol. The van der Waals surface area contributed by atoms with Gasteiger partial charge in [-0.2, -0.15) is 5.10 Å². The van der Waals surface area contributed by atoms with E-state index in [1.165, 1.54) is 6.20 Å². The van der Waals surface area contributed by atoms with Gasteiger partial charge in [0.05, 0.1) is 58.6 Å². The molecule has 1 aliphatic carbocycles. The van der Waals surface area contributed by atoms with Crippen LogP contribution in [0.5, 0.6) is 0 Å². The maximum absolute atomic E-state index is 14.7. The number of aromatic nitrogens is 6. The molecule has 4 aromatic rings. The van der Waals surface area contributed by atoms with Crippen molar-refractivity contribution in [1.82, 2.24) is 29.7 Å². The number of hydrogen-bond donors (Lipinski definition) is 1. The second-order valence-corrected chi connectivity index (χ2v) is 10.4. The molecule has 10 nitrogen and oxygen atoms in total. The van der Waals surface area contributed by atoms with E-state index in [4.69, 9.17) is 11.6 Å². The summed E-state index contributed by atoms with van der Waals surface area (Å²) in [5.74, 6) is -0.620. The van der Waals surface area contributed by atoms with E-state index < -0.39 is 29.3 Å². The molecule has 41 heavy (non-hydrogen) atoms. The van der Waals surface area contributed by atoms with Gasteiger partial charge in [0, 0.05) is 29.8 Å². The van der Waals surface area contributed by atoms with Crippen molar-refractivity contribution in [1.29, 1.82) is 0 Å². The molecule has 3 aromatic heterocycles. The van der Waals surface area contributed by atoms with E-state index >= 15 is 0 Å². The van der Waals surface area contributed by atoms with E-state index in [9.17, 15) is 22.8 Å². The summed E-state index contributed by atoms with van der Waals surface area (Å²) in [7, 11) is 0. The number of rotatable bonds is 7. The van der Waals surface area contributed by atoms with Gasteiger partial charge in [-0.1, -0.05) is 17.7 Å². The first-order chi connectivity index (χ1) is 19.6. The van der Waals surface area contributed by atoms with Crippen molar-refractivity contribution < 1.29 is 22.8 Å². The molecule has 3 atom stereocenters. The van der Waals surface area contributed by atoms with Crippen LogP contribution in [0, 0.1) is 24.6 Å². The Labute approximate surface area is 236 Å². The number of amides is 2. The van der Waals surface area contributed by atoms with Crippen molar-refractivity contribution in [2.75, 3.05) is 16.8 Å². The van der Waals surface area contributed by atoms with E-state index in [1.54, 1.807) is 22.0 Å². The molecule has 0 bridgehead atoms. The predicted molar refractivity (Wildman–Crippen MR) is 142 cm³/mol. The number of carbonyl (C=O) groups excluding carboxylic acids is 2. The lowest BCUT2D eigenvalue weighted by Crippen LogP contribution is -2.29. The summed E-state index contributed by atoms with van der Waals surface area (Å²) < 4.78 is 43.4. The quantitative estimate of drug-likeness (QED) is 0.325. The molecule has 1 N–H and O–H groups in total. The SMILES string of the molecule is Cc1nc(N2C[C@H]3C[C@H]3C2=O)cnc1[C@H](C)n1cc(NC(=O)c2cncc(-c3c(C(F)F)ccc(Cl)c3F)n2)cn1. The summed E-state index contributed by atoms with van der Waals surface area (Å²) in [6.45, 7) is 4.34. The fourth-order valence-electron chi connectivity index (χ4n) is 5.04. The van der Waals surface area contributed by atoms with Crippen LogP contribution in [-0.2, 0) is 4.79 Å². The van der Waals surface area contributed by atoms with Crippen molar-refractivity contribution in [3.8, 4) is 11.3 Å². The molecular formula is C27H22ClF3N8O2. The largest absolute Gasteiger partial charge is 0.318 e. The van der Waals surface area contributed by atoms with Gasteiger partial charge in [-0.3, -0.25) is 29.1 Å². The van der Waals surface area contributed by atoms with Gasteiger partial charge in [0.2, 0.25) is 5.91 Å². The minimum absolute atomic E-state index is 0.0966. The second kappa shape index (κ2) is 10.2. The Kier molecular flexibility index (Phi) is 6.68. The highest BCUT2D eigenvalue weighted by atomic mass is 35.5. The lowest BCUT2D eigenvalue weighted by molar-refractivity contribution is -0.118. The van der Waals surface area contributed by atoms with Crippen LogP contribution in [0.15, 0.2) is 43.1 Å². The van der Waals surface area contributed by atoms with E-state index in [0.29, 0.717) is 35.4 Å². The first-order valence-electron chi connectivity index (χ1n) is 12.7. The van der Waals surface area contributed by atoms with Crippen LogP contribution >= 0.6 is 11.6 Å². The molecule has 0 spiro atoms. The highest BCUT2D eigenvalue weighted by Crippen LogP contribution is 2.47. The van der Waals surface area contributed by atoms with E-state index in [-0.39, 0.29) is 34.3 Å². The van der Waals surface area contributed by atoms with Gasteiger partial charge in [0.25, 0.3) is 12.3 Å². The Morgan fingerprint density at radius 1 is 1.17 bits per heavy atom. The number of fused-ring (bicyclic) bond motifs is 1. The Hall–Kier alpha value is -4.39. The van der Waals surface area contributed by atoms with E-state index in [1.807, 2.05) is 13.8 Å². The summed E-state index contributed by atoms with van der Waals surface area (Å²) >= 11 is 5.80. The number of piperidine rings is 1. The number of nitrogens with one attached hydrogen (secondary N) is 1.